The van der Waals surface area contributed by atoms with Crippen LogP contribution in [0.25, 0.3) is 0 Å². The van der Waals surface area contributed by atoms with Gasteiger partial charge in [-0.3, -0.25) is 0 Å². The maximum absolute atomic E-state index is 8.58. The zero-order valence-corrected chi connectivity index (χ0v) is 22.8. The summed E-state index contributed by atoms with van der Waals surface area (Å²) in [6.45, 7) is 0. The summed E-state index contributed by atoms with van der Waals surface area (Å²) in [5.41, 5.74) is 0. The molecule has 0 rings (SSSR count). The van der Waals surface area contributed by atoms with Crippen molar-refractivity contribution in [1.82, 2.24) is 0 Å². The second-order valence-corrected chi connectivity index (χ2v) is 6.00. The first-order chi connectivity index (χ1) is 8.00. The first-order valence-electron chi connectivity index (χ1n) is 3.27. The van der Waals surface area contributed by atoms with Gasteiger partial charge in [-0.05, 0) is 0 Å². The van der Waals surface area contributed by atoms with E-state index >= 15 is 0 Å². The van der Waals surface area contributed by atoms with E-state index in [1.807, 2.05) is 0 Å². The Hall–Kier alpha value is 3.54. The monoisotopic (exact) mass is 635 g/mol. The van der Waals surface area contributed by atoms with Crippen LogP contribution in [-0.4, -0.2) is 36.2 Å². The van der Waals surface area contributed by atoms with E-state index in [9.17, 15) is 0 Å². The molecule has 0 fully saturated rings. The Morgan fingerprint density at radius 1 is 0.217 bits per heavy atom. The van der Waals surface area contributed by atoms with E-state index in [0.717, 1.165) is 0 Å². The fraction of sp³-hybridized carbons (Fsp3) is 0. The minimum atomic E-state index is -5.61. The smallest absolute Gasteiger partial charge is 0.894 e. The van der Waals surface area contributed by atoms with Crippen molar-refractivity contribution in [3.8, 4) is 0 Å². The minimum Gasteiger partial charge on any atom is -0.894 e. The molecule has 0 amide bonds. The average Bonchev–Trinajstić information content (AvgIpc) is 1.62. The molecule has 0 aromatic rings. The van der Waals surface area contributed by atoms with Crippen LogP contribution in [0.1, 0.15) is 0 Å². The fourth-order valence-electron chi connectivity index (χ4n) is 0. The summed E-state index contributed by atoms with van der Waals surface area (Å²) in [7, 11) is -22.4. The van der Waals surface area contributed by atoms with Gasteiger partial charge in [0.1, 0.15) is 0 Å². The largest absolute Gasteiger partial charge is 3.00 e. The molecule has 0 N–H and O–H groups in total. The average molecular weight is 635 g/mol. The Kier molecular flexibility index (Phi) is 40.0. The van der Waals surface area contributed by atoms with Crippen molar-refractivity contribution in [2.45, 2.75) is 0 Å². The van der Waals surface area contributed by atoms with Crippen molar-refractivity contribution in [1.29, 1.82) is 0 Å². The summed E-state index contributed by atoms with van der Waals surface area (Å²) in [6.07, 6.45) is 0. The van der Waals surface area contributed by atoms with Gasteiger partial charge in [0.15, 0.2) is 0 Å². The van der Waals surface area contributed by atoms with Gasteiger partial charge >= 0.3 is 98.1 Å². The summed E-state index contributed by atoms with van der Waals surface area (Å²) in [4.78, 5) is 137. The standard InChI is InChI=1S/4O4Si.3Y/c4*1-5(2,3)4;;;/q4*-4;3*+3. The van der Waals surface area contributed by atoms with Gasteiger partial charge in [-0.1, -0.05) is 0 Å². The van der Waals surface area contributed by atoms with Gasteiger partial charge in [-0.25, -0.2) is 0 Å². The number of rotatable bonds is 0. The molecule has 0 bridgehead atoms. The number of hydrogen-bond acceptors (Lipinski definition) is 16. The summed E-state index contributed by atoms with van der Waals surface area (Å²) >= 11 is 0. The molecule has 23 heavy (non-hydrogen) atoms. The molecule has 128 valence electrons. The van der Waals surface area contributed by atoms with Gasteiger partial charge in [0.05, 0.1) is 0 Å². The Balaban J connectivity index is -0.0000000284. The maximum Gasteiger partial charge on any atom is 3.00 e. The van der Waals surface area contributed by atoms with E-state index in [1.54, 1.807) is 0 Å². The first-order valence-corrected chi connectivity index (χ1v) is 9.80. The van der Waals surface area contributed by atoms with Crippen molar-refractivity contribution in [3.63, 3.8) is 0 Å². The van der Waals surface area contributed by atoms with E-state index < -0.39 is 36.2 Å². The number of hydrogen-bond donors (Lipinski definition) is 0. The van der Waals surface area contributed by atoms with E-state index in [-0.39, 0.29) is 98.1 Å². The van der Waals surface area contributed by atoms with E-state index in [2.05, 4.69) is 0 Å². The third-order valence-corrected chi connectivity index (χ3v) is 0. The molecular formula is O16Si4Y3-7. The topological polar surface area (TPSA) is 369 Å². The van der Waals surface area contributed by atoms with Crippen LogP contribution in [0, 0.1) is 0 Å². The predicted octanol–water partition coefficient (Wildman–Crippen LogP) is -20.6. The van der Waals surface area contributed by atoms with E-state index in [1.165, 1.54) is 0 Å². The minimum absolute atomic E-state index is 0. The van der Waals surface area contributed by atoms with Crippen LogP contribution >= 0.6 is 0 Å². The molecule has 0 spiro atoms. The first kappa shape index (κ1) is 45.3. The van der Waals surface area contributed by atoms with Crippen LogP contribution < -0.4 is 76.7 Å². The molecule has 0 aliphatic carbocycles. The zero-order chi connectivity index (χ0) is 18.0. The molecule has 0 aromatic carbocycles. The Labute approximate surface area is 208 Å². The zero-order valence-electron chi connectivity index (χ0n) is 10.3. The molecule has 0 atom stereocenters. The fourth-order valence-corrected chi connectivity index (χ4v) is 0. The van der Waals surface area contributed by atoms with Gasteiger partial charge in [-0.2, -0.15) is 0 Å². The quantitative estimate of drug-likeness (QED) is 0.223. The van der Waals surface area contributed by atoms with Gasteiger partial charge < -0.3 is 113 Å². The van der Waals surface area contributed by atoms with Crippen molar-refractivity contribution in [2.24, 2.45) is 0 Å². The van der Waals surface area contributed by atoms with E-state index in [4.69, 9.17) is 76.7 Å². The van der Waals surface area contributed by atoms with Crippen molar-refractivity contribution < 1.29 is 175 Å². The van der Waals surface area contributed by atoms with Crippen LogP contribution in [0.2, 0.25) is 0 Å². The Morgan fingerprint density at radius 2 is 0.217 bits per heavy atom. The molecule has 0 aromatic heterocycles. The predicted molar refractivity (Wildman–Crippen MR) is 23.0 cm³/mol. The van der Waals surface area contributed by atoms with Gasteiger partial charge in [0.2, 0.25) is 0 Å². The van der Waals surface area contributed by atoms with Crippen LogP contribution in [0.3, 0.4) is 0 Å². The second kappa shape index (κ2) is 20.3. The van der Waals surface area contributed by atoms with Crippen LogP contribution in [0.4, 0.5) is 0 Å². The van der Waals surface area contributed by atoms with E-state index in [0.29, 0.717) is 0 Å². The third kappa shape index (κ3) is 1130. The molecule has 0 saturated carbocycles. The summed E-state index contributed by atoms with van der Waals surface area (Å²) in [6, 6.07) is 0. The van der Waals surface area contributed by atoms with Crippen molar-refractivity contribution in [3.05, 3.63) is 0 Å². The Bertz CT molecular complexity index is 137. The van der Waals surface area contributed by atoms with Gasteiger partial charge in [0.25, 0.3) is 0 Å². The molecule has 0 aliphatic rings. The normalized spacial score (nSPS) is 10.4. The van der Waals surface area contributed by atoms with Gasteiger partial charge in [-0.15, -0.1) is 0 Å². The van der Waals surface area contributed by atoms with Crippen molar-refractivity contribution in [2.75, 3.05) is 0 Å². The third-order valence-electron chi connectivity index (χ3n) is 0. The van der Waals surface area contributed by atoms with Gasteiger partial charge in [0, 0.05) is 0 Å². The molecule has 0 unspecified atom stereocenters. The molecule has 0 saturated heterocycles. The molecule has 0 radical (unpaired) electrons. The Morgan fingerprint density at radius 3 is 0.217 bits per heavy atom. The van der Waals surface area contributed by atoms with Crippen LogP contribution in [0.15, 0.2) is 0 Å². The van der Waals surface area contributed by atoms with Crippen LogP contribution in [0.5, 0.6) is 0 Å². The summed E-state index contributed by atoms with van der Waals surface area (Å²) in [5.74, 6) is 0. The van der Waals surface area contributed by atoms with Crippen molar-refractivity contribution >= 4 is 36.2 Å². The summed E-state index contributed by atoms with van der Waals surface area (Å²) in [5, 5.41) is 0. The maximum atomic E-state index is 8.58. The SMILES string of the molecule is [O-][Si]([O-])([O-])[O-].[O-][Si]([O-])([O-])[O-].[O-][Si]([O-])([O-])[O-].[O-][Si]([O-])([O-])[O-].[Y+3].[Y+3].[Y+3]. The second-order valence-electron chi connectivity index (χ2n) is 2.00. The molecule has 16 nitrogen and oxygen atoms in total. The van der Waals surface area contributed by atoms with Crippen LogP contribution in [-0.2, 0) is 98.1 Å². The molecular weight excluding hydrogens is 635 g/mol. The summed E-state index contributed by atoms with van der Waals surface area (Å²) < 4.78 is 0. The molecule has 0 aliphatic heterocycles. The molecule has 0 heterocycles. The molecule has 23 heteroatoms.